The molecule has 1 rings (SSSR count). The predicted octanol–water partition coefficient (Wildman–Crippen LogP) is -0.341. The first-order chi connectivity index (χ1) is 4.39. The van der Waals surface area contributed by atoms with E-state index in [1.165, 1.54) is 0 Å². The van der Waals surface area contributed by atoms with Crippen LogP contribution in [0.4, 0.5) is 0 Å². The first-order valence-electron chi connectivity index (χ1n) is 2.39. The maximum atomic E-state index is 5.25. The van der Waals surface area contributed by atoms with Crippen molar-refractivity contribution in [3.63, 3.8) is 0 Å². The van der Waals surface area contributed by atoms with Crippen LogP contribution in [-0.4, -0.2) is 0 Å². The van der Waals surface area contributed by atoms with Gasteiger partial charge in [-0.2, -0.15) is 0 Å². The Morgan fingerprint density at radius 2 is 1.50 bits per heavy atom. The molecule has 0 aliphatic heterocycles. The van der Waals surface area contributed by atoms with Crippen molar-refractivity contribution < 1.29 is 18.9 Å². The second kappa shape index (κ2) is 8.86. The molecule has 0 unspecified atom stereocenters. The minimum Gasteiger partial charge on any atom is -0.697 e. The summed E-state index contributed by atoms with van der Waals surface area (Å²) in [4.78, 5) is 0. The van der Waals surface area contributed by atoms with Crippen LogP contribution in [0.5, 0.6) is 0 Å². The van der Waals surface area contributed by atoms with Crippen LogP contribution in [0.15, 0.2) is 34.8 Å². The Balaban J connectivity index is 0. The summed E-state index contributed by atoms with van der Waals surface area (Å²) in [6, 6.07) is 9.97. The van der Waals surface area contributed by atoms with E-state index >= 15 is 0 Å². The van der Waals surface area contributed by atoms with Crippen LogP contribution in [-0.2, 0) is 0 Å². The van der Waals surface area contributed by atoms with Crippen molar-refractivity contribution in [2.24, 2.45) is 0 Å². The number of benzene rings is 1. The zero-order valence-corrected chi connectivity index (χ0v) is 7.43. The Morgan fingerprint density at radius 1 is 1.10 bits per heavy atom. The summed E-state index contributed by atoms with van der Waals surface area (Å²) in [5, 5.41) is 0. The zero-order chi connectivity index (χ0) is 7.11. The standard InChI is InChI=1S/C6H5Br.C2H.Li/c7-6-4-2-1-3-5-6;1-2;/h1-5H;1H;/q;-1;+1. The first-order valence-corrected chi connectivity index (χ1v) is 3.18. The quantitative estimate of drug-likeness (QED) is 0.297. The molecule has 0 heterocycles. The molecule has 46 valence electrons. The minimum absolute atomic E-state index is 0. The van der Waals surface area contributed by atoms with Gasteiger partial charge in [0, 0.05) is 4.47 Å². The molecule has 0 fully saturated rings. The fourth-order valence-electron chi connectivity index (χ4n) is 0.415. The van der Waals surface area contributed by atoms with Crippen molar-refractivity contribution >= 4 is 15.9 Å². The summed E-state index contributed by atoms with van der Waals surface area (Å²) in [6.45, 7) is 0. The molecule has 0 spiro atoms. The van der Waals surface area contributed by atoms with E-state index in [0.717, 1.165) is 4.47 Å². The molecule has 1 aromatic carbocycles. The zero-order valence-electron chi connectivity index (χ0n) is 5.84. The van der Waals surface area contributed by atoms with E-state index in [4.69, 9.17) is 6.42 Å². The fraction of sp³-hybridized carbons (Fsp3) is 0. The van der Waals surface area contributed by atoms with Gasteiger partial charge in [-0.15, -0.1) is 0 Å². The van der Waals surface area contributed by atoms with E-state index in [2.05, 4.69) is 22.4 Å². The Hall–Kier alpha value is -0.143. The van der Waals surface area contributed by atoms with E-state index in [0.29, 0.717) is 0 Å². The average Bonchev–Trinajstić information content (AvgIpc) is 1.94. The van der Waals surface area contributed by atoms with Crippen molar-refractivity contribution in [1.82, 2.24) is 0 Å². The van der Waals surface area contributed by atoms with E-state index in [1.54, 1.807) is 0 Å². The molecule has 0 amide bonds. The molecule has 0 aliphatic carbocycles. The van der Waals surface area contributed by atoms with Gasteiger partial charge in [0.15, 0.2) is 0 Å². The van der Waals surface area contributed by atoms with Crippen LogP contribution in [0, 0.1) is 12.8 Å². The summed E-state index contributed by atoms with van der Waals surface area (Å²) < 4.78 is 1.13. The largest absolute Gasteiger partial charge is 1.00 e. The molecule has 0 saturated carbocycles. The minimum atomic E-state index is 0. The molecular weight excluding hydrogens is 183 g/mol. The Morgan fingerprint density at radius 3 is 1.70 bits per heavy atom. The van der Waals surface area contributed by atoms with Crippen LogP contribution < -0.4 is 18.9 Å². The number of hydrogen-bond donors (Lipinski definition) is 0. The smallest absolute Gasteiger partial charge is 0.697 e. The van der Waals surface area contributed by atoms with Crippen molar-refractivity contribution in [2.75, 3.05) is 0 Å². The van der Waals surface area contributed by atoms with Crippen LogP contribution in [0.2, 0.25) is 0 Å². The second-order valence-corrected chi connectivity index (χ2v) is 2.21. The first kappa shape index (κ1) is 12.5. The molecule has 0 aliphatic rings. The summed E-state index contributed by atoms with van der Waals surface area (Å²) in [7, 11) is 0. The normalized spacial score (nSPS) is 6.30. The van der Waals surface area contributed by atoms with Gasteiger partial charge in [-0.1, -0.05) is 34.1 Å². The second-order valence-electron chi connectivity index (χ2n) is 1.30. The molecule has 2 heteroatoms. The van der Waals surface area contributed by atoms with Crippen molar-refractivity contribution in [3.8, 4) is 6.42 Å². The summed E-state index contributed by atoms with van der Waals surface area (Å²) >= 11 is 3.31. The monoisotopic (exact) mass is 188 g/mol. The third kappa shape index (κ3) is 5.98. The van der Waals surface area contributed by atoms with Crippen molar-refractivity contribution in [2.45, 2.75) is 0 Å². The molecule has 0 atom stereocenters. The van der Waals surface area contributed by atoms with E-state index in [-0.39, 0.29) is 18.9 Å². The molecule has 0 nitrogen and oxygen atoms in total. The van der Waals surface area contributed by atoms with Crippen molar-refractivity contribution in [1.29, 1.82) is 0 Å². The molecule has 0 N–H and O–H groups in total. The Labute approximate surface area is 82.3 Å². The van der Waals surface area contributed by atoms with Gasteiger partial charge in [0.05, 0.1) is 0 Å². The number of terminal acetylenes is 1. The van der Waals surface area contributed by atoms with Crippen molar-refractivity contribution in [3.05, 3.63) is 41.2 Å². The summed E-state index contributed by atoms with van der Waals surface area (Å²) in [5.41, 5.74) is 0. The topological polar surface area (TPSA) is 0 Å². The predicted molar refractivity (Wildman–Crippen MR) is 42.3 cm³/mol. The van der Waals surface area contributed by atoms with Gasteiger partial charge in [-0.05, 0) is 12.1 Å². The maximum Gasteiger partial charge on any atom is 1.00 e. The van der Waals surface area contributed by atoms with Gasteiger partial charge in [0.1, 0.15) is 0 Å². The maximum absolute atomic E-state index is 5.25. The van der Waals surface area contributed by atoms with Crippen LogP contribution in [0.3, 0.4) is 0 Å². The van der Waals surface area contributed by atoms with E-state index in [9.17, 15) is 0 Å². The SMILES string of the molecule is Brc1ccccc1.[C-]#C.[Li+]. The summed E-state index contributed by atoms with van der Waals surface area (Å²) in [5.74, 6) is 0. The van der Waals surface area contributed by atoms with Crippen LogP contribution >= 0.6 is 15.9 Å². The Kier molecular flexibility index (Phi) is 11.1. The molecule has 10 heavy (non-hydrogen) atoms. The molecule has 0 bridgehead atoms. The molecule has 0 saturated heterocycles. The third-order valence-corrected chi connectivity index (χ3v) is 1.26. The number of halogens is 1. The van der Waals surface area contributed by atoms with Gasteiger partial charge < -0.3 is 12.8 Å². The van der Waals surface area contributed by atoms with Gasteiger partial charge in [0.25, 0.3) is 0 Å². The molecule has 0 radical (unpaired) electrons. The fourth-order valence-corrected chi connectivity index (χ4v) is 0.720. The average molecular weight is 189 g/mol. The van der Waals surface area contributed by atoms with Gasteiger partial charge in [0.2, 0.25) is 0 Å². The number of rotatable bonds is 0. The van der Waals surface area contributed by atoms with Gasteiger partial charge >= 0.3 is 18.9 Å². The summed E-state index contributed by atoms with van der Waals surface area (Å²) in [6.07, 6.45) is 9.00. The molecule has 0 aromatic heterocycles. The van der Waals surface area contributed by atoms with Crippen LogP contribution in [0.25, 0.3) is 0 Å². The number of hydrogen-bond acceptors (Lipinski definition) is 0. The van der Waals surface area contributed by atoms with Gasteiger partial charge in [-0.25, -0.2) is 0 Å². The van der Waals surface area contributed by atoms with E-state index in [1.807, 2.05) is 30.3 Å². The van der Waals surface area contributed by atoms with Gasteiger partial charge in [-0.3, -0.25) is 0 Å². The Bertz CT molecular complexity index is 169. The molecular formula is C8H6BrLi. The van der Waals surface area contributed by atoms with E-state index < -0.39 is 0 Å². The molecule has 1 aromatic rings. The van der Waals surface area contributed by atoms with Crippen LogP contribution in [0.1, 0.15) is 0 Å². The third-order valence-electron chi connectivity index (χ3n) is 0.733.